The van der Waals surface area contributed by atoms with Crippen molar-refractivity contribution in [3.8, 4) is 0 Å². The number of piperidine rings is 1. The minimum absolute atomic E-state index is 0.220. The standard InChI is InChI=1S/C23H34N2O6/c1-5-29-20(26)19(15-17-9-7-6-8-10-17)30-22(28)25-13-11-18(12-14-25)16-24-21(27)31-23(2,3)4/h6-10,18-19H,5,11-16H2,1-4H3,(H,24,27). The maximum absolute atomic E-state index is 12.6. The van der Waals surface area contributed by atoms with Gasteiger partial charge in [0.25, 0.3) is 0 Å². The van der Waals surface area contributed by atoms with E-state index in [9.17, 15) is 14.4 Å². The van der Waals surface area contributed by atoms with Gasteiger partial charge in [0.15, 0.2) is 0 Å². The van der Waals surface area contributed by atoms with E-state index in [0.717, 1.165) is 18.4 Å². The Bertz CT molecular complexity index is 723. The minimum atomic E-state index is -0.985. The lowest BCUT2D eigenvalue weighted by atomic mass is 9.97. The second-order valence-electron chi connectivity index (χ2n) is 8.63. The van der Waals surface area contributed by atoms with Gasteiger partial charge >= 0.3 is 18.2 Å². The van der Waals surface area contributed by atoms with Gasteiger partial charge in [-0.15, -0.1) is 0 Å². The van der Waals surface area contributed by atoms with Gasteiger partial charge in [0.1, 0.15) is 5.60 Å². The molecule has 1 aromatic rings. The summed E-state index contributed by atoms with van der Waals surface area (Å²) >= 11 is 0. The first-order valence-electron chi connectivity index (χ1n) is 10.8. The highest BCUT2D eigenvalue weighted by Crippen LogP contribution is 2.19. The van der Waals surface area contributed by atoms with Gasteiger partial charge < -0.3 is 24.4 Å². The highest BCUT2D eigenvalue weighted by Gasteiger charge is 2.30. The molecule has 0 aliphatic carbocycles. The lowest BCUT2D eigenvalue weighted by Crippen LogP contribution is -2.44. The van der Waals surface area contributed by atoms with Gasteiger partial charge in [-0.05, 0) is 52.0 Å². The molecule has 1 heterocycles. The van der Waals surface area contributed by atoms with Gasteiger partial charge in [-0.2, -0.15) is 0 Å². The minimum Gasteiger partial charge on any atom is -0.463 e. The number of carbonyl (C=O) groups excluding carboxylic acids is 3. The van der Waals surface area contributed by atoms with E-state index >= 15 is 0 Å². The summed E-state index contributed by atoms with van der Waals surface area (Å²) < 4.78 is 15.8. The van der Waals surface area contributed by atoms with Gasteiger partial charge in [-0.1, -0.05) is 30.3 Å². The Balaban J connectivity index is 1.82. The molecule has 1 aromatic carbocycles. The topological polar surface area (TPSA) is 94.2 Å². The molecule has 8 nitrogen and oxygen atoms in total. The maximum Gasteiger partial charge on any atom is 0.410 e. The third kappa shape index (κ3) is 8.86. The van der Waals surface area contributed by atoms with Crippen LogP contribution in [-0.2, 0) is 25.4 Å². The van der Waals surface area contributed by atoms with E-state index in [4.69, 9.17) is 14.2 Å². The SMILES string of the molecule is CCOC(=O)C(Cc1ccccc1)OC(=O)N1CCC(CNC(=O)OC(C)(C)C)CC1. The number of esters is 1. The van der Waals surface area contributed by atoms with Crippen LogP contribution in [0.15, 0.2) is 30.3 Å². The summed E-state index contributed by atoms with van der Waals surface area (Å²) in [5, 5.41) is 2.78. The van der Waals surface area contributed by atoms with E-state index in [-0.39, 0.29) is 18.9 Å². The van der Waals surface area contributed by atoms with Crippen molar-refractivity contribution in [3.63, 3.8) is 0 Å². The first kappa shape index (κ1) is 24.5. The summed E-state index contributed by atoms with van der Waals surface area (Å²) in [5.74, 6) is -0.294. The number of nitrogens with one attached hydrogen (secondary N) is 1. The lowest BCUT2D eigenvalue weighted by molar-refractivity contribution is -0.153. The summed E-state index contributed by atoms with van der Waals surface area (Å²) in [6.07, 6.45) is -0.218. The number of nitrogens with zero attached hydrogens (tertiary/aromatic N) is 1. The van der Waals surface area contributed by atoms with Crippen molar-refractivity contribution in [2.75, 3.05) is 26.2 Å². The Hall–Kier alpha value is -2.77. The van der Waals surface area contributed by atoms with Crippen LogP contribution in [0.4, 0.5) is 9.59 Å². The lowest BCUT2D eigenvalue weighted by Gasteiger charge is -2.32. The molecule has 0 saturated carbocycles. The normalized spacial score (nSPS) is 15.7. The van der Waals surface area contributed by atoms with Crippen molar-refractivity contribution >= 4 is 18.2 Å². The number of benzene rings is 1. The van der Waals surface area contributed by atoms with Crippen LogP contribution in [0.5, 0.6) is 0 Å². The summed E-state index contributed by atoms with van der Waals surface area (Å²) in [7, 11) is 0. The van der Waals surface area contributed by atoms with Crippen LogP contribution in [0, 0.1) is 5.92 Å². The van der Waals surface area contributed by atoms with Gasteiger partial charge in [-0.25, -0.2) is 14.4 Å². The zero-order valence-corrected chi connectivity index (χ0v) is 18.9. The Morgan fingerprint density at radius 1 is 1.13 bits per heavy atom. The summed E-state index contributed by atoms with van der Waals surface area (Å²) in [4.78, 5) is 38.3. The van der Waals surface area contributed by atoms with Crippen molar-refractivity contribution in [1.82, 2.24) is 10.2 Å². The maximum atomic E-state index is 12.6. The van der Waals surface area contributed by atoms with Crippen LogP contribution in [0.1, 0.15) is 46.1 Å². The van der Waals surface area contributed by atoms with Gasteiger partial charge in [0, 0.05) is 26.1 Å². The molecule has 1 saturated heterocycles. The molecule has 0 aromatic heterocycles. The number of hydrogen-bond acceptors (Lipinski definition) is 6. The van der Waals surface area contributed by atoms with Gasteiger partial charge in [-0.3, -0.25) is 0 Å². The molecule has 1 aliphatic rings. The molecule has 0 radical (unpaired) electrons. The molecule has 2 amide bonds. The van der Waals surface area contributed by atoms with Crippen LogP contribution in [0.25, 0.3) is 0 Å². The van der Waals surface area contributed by atoms with Crippen molar-refractivity contribution in [1.29, 1.82) is 0 Å². The first-order valence-corrected chi connectivity index (χ1v) is 10.8. The Morgan fingerprint density at radius 3 is 2.35 bits per heavy atom. The molecular formula is C23H34N2O6. The third-order valence-corrected chi connectivity index (χ3v) is 4.86. The Kier molecular flexibility index (Phi) is 9.15. The van der Waals surface area contributed by atoms with Gasteiger partial charge in [0.05, 0.1) is 6.61 Å². The van der Waals surface area contributed by atoms with Crippen molar-refractivity contribution in [2.45, 2.75) is 58.7 Å². The molecule has 1 unspecified atom stereocenters. The van der Waals surface area contributed by atoms with Crippen LogP contribution in [-0.4, -0.2) is 61.0 Å². The average Bonchev–Trinajstić information content (AvgIpc) is 2.72. The van der Waals surface area contributed by atoms with Crippen molar-refractivity contribution in [2.24, 2.45) is 5.92 Å². The number of ether oxygens (including phenoxy) is 3. The predicted molar refractivity (Wildman–Crippen MR) is 116 cm³/mol. The second-order valence-corrected chi connectivity index (χ2v) is 8.63. The van der Waals surface area contributed by atoms with E-state index in [1.807, 2.05) is 51.1 Å². The second kappa shape index (κ2) is 11.6. The van der Waals surface area contributed by atoms with E-state index in [1.165, 1.54) is 0 Å². The fraction of sp³-hybridized carbons (Fsp3) is 0.609. The molecule has 8 heteroatoms. The average molecular weight is 435 g/mol. The van der Waals surface area contributed by atoms with Crippen LogP contribution < -0.4 is 5.32 Å². The molecular weight excluding hydrogens is 400 g/mol. The van der Waals surface area contributed by atoms with Crippen molar-refractivity contribution in [3.05, 3.63) is 35.9 Å². The fourth-order valence-electron chi connectivity index (χ4n) is 3.29. The third-order valence-electron chi connectivity index (χ3n) is 4.86. The van der Waals surface area contributed by atoms with Gasteiger partial charge in [0.2, 0.25) is 6.10 Å². The molecule has 1 atom stereocenters. The quantitative estimate of drug-likeness (QED) is 0.521. The van der Waals surface area contributed by atoms with E-state index in [2.05, 4.69) is 5.32 Å². The molecule has 1 fully saturated rings. The molecule has 1 N–H and O–H groups in total. The number of rotatable bonds is 7. The first-order chi connectivity index (χ1) is 14.7. The molecule has 0 bridgehead atoms. The summed E-state index contributed by atoms with van der Waals surface area (Å²) in [6, 6.07) is 9.38. The van der Waals surface area contributed by atoms with E-state index in [0.29, 0.717) is 19.6 Å². The highest BCUT2D eigenvalue weighted by atomic mass is 16.6. The van der Waals surface area contributed by atoms with E-state index < -0.39 is 29.9 Å². The largest absolute Gasteiger partial charge is 0.463 e. The van der Waals surface area contributed by atoms with Crippen molar-refractivity contribution < 1.29 is 28.6 Å². The summed E-state index contributed by atoms with van der Waals surface area (Å²) in [5.41, 5.74) is 0.354. The predicted octanol–water partition coefficient (Wildman–Crippen LogP) is 3.53. The number of amides is 2. The monoisotopic (exact) mass is 434 g/mol. The van der Waals surface area contributed by atoms with E-state index in [1.54, 1.807) is 11.8 Å². The number of hydrogen-bond donors (Lipinski definition) is 1. The van der Waals surface area contributed by atoms with Crippen LogP contribution in [0.2, 0.25) is 0 Å². The Morgan fingerprint density at radius 2 is 1.77 bits per heavy atom. The zero-order chi connectivity index (χ0) is 22.9. The number of alkyl carbamates (subject to hydrolysis) is 1. The highest BCUT2D eigenvalue weighted by molar-refractivity contribution is 5.79. The number of likely N-dealkylation sites (tertiary alicyclic amines) is 1. The molecule has 1 aliphatic heterocycles. The van der Waals surface area contributed by atoms with Crippen LogP contribution >= 0.6 is 0 Å². The fourth-order valence-corrected chi connectivity index (χ4v) is 3.29. The number of carbonyl (C=O) groups is 3. The molecule has 2 rings (SSSR count). The Labute approximate surface area is 184 Å². The molecule has 0 spiro atoms. The molecule has 31 heavy (non-hydrogen) atoms. The zero-order valence-electron chi connectivity index (χ0n) is 18.9. The summed E-state index contributed by atoms with van der Waals surface area (Å²) in [6.45, 7) is 8.89. The van der Waals surface area contributed by atoms with Crippen LogP contribution in [0.3, 0.4) is 0 Å². The smallest absolute Gasteiger partial charge is 0.410 e. The molecule has 172 valence electrons.